The number of Topliss-reactive ketones (excluding diaryl/α,β-unsaturated/α-hetero) is 1. The number of hydrogen-bond acceptors (Lipinski definition) is 5. The summed E-state index contributed by atoms with van der Waals surface area (Å²) in [5.41, 5.74) is 3.48. The summed E-state index contributed by atoms with van der Waals surface area (Å²) in [5.74, 6) is -0.286. The van der Waals surface area contributed by atoms with Crippen LogP contribution in [0, 0.1) is 19.7 Å². The van der Waals surface area contributed by atoms with E-state index in [1.54, 1.807) is 4.68 Å². The van der Waals surface area contributed by atoms with Crippen molar-refractivity contribution in [3.05, 3.63) is 65.0 Å². The number of ketones is 1. The van der Waals surface area contributed by atoms with Gasteiger partial charge >= 0.3 is 0 Å². The number of tetrazole rings is 1. The minimum atomic E-state index is -0.363. The van der Waals surface area contributed by atoms with Gasteiger partial charge < -0.3 is 0 Å². The van der Waals surface area contributed by atoms with Crippen molar-refractivity contribution in [2.24, 2.45) is 0 Å². The fourth-order valence-electron chi connectivity index (χ4n) is 2.40. The fraction of sp³-hybridized carbons (Fsp3) is 0.176. The Labute approximate surface area is 142 Å². The third-order valence-electron chi connectivity index (χ3n) is 3.59. The van der Waals surface area contributed by atoms with Crippen LogP contribution in [0.1, 0.15) is 21.5 Å². The summed E-state index contributed by atoms with van der Waals surface area (Å²) in [4.78, 5) is 12.2. The smallest absolute Gasteiger partial charge is 0.214 e. The molecule has 3 rings (SSSR count). The van der Waals surface area contributed by atoms with Crippen LogP contribution in [0.4, 0.5) is 4.39 Å². The Bertz CT molecular complexity index is 856. The second-order valence-corrected chi connectivity index (χ2v) is 6.27. The summed E-state index contributed by atoms with van der Waals surface area (Å²) in [7, 11) is 0. The minimum absolute atomic E-state index is 0.101. The summed E-state index contributed by atoms with van der Waals surface area (Å²) >= 11 is 1.26. The van der Waals surface area contributed by atoms with Crippen LogP contribution in [0.5, 0.6) is 0 Å². The number of nitrogens with zero attached hydrogens (tertiary/aromatic N) is 4. The number of carbonyl (C=O) groups excluding carboxylic acids is 1. The second kappa shape index (κ2) is 6.92. The number of thioether (sulfide) groups is 1. The van der Waals surface area contributed by atoms with E-state index in [0.717, 1.165) is 16.8 Å². The highest BCUT2D eigenvalue weighted by molar-refractivity contribution is 7.99. The van der Waals surface area contributed by atoms with Crippen molar-refractivity contribution in [2.75, 3.05) is 5.75 Å². The van der Waals surface area contributed by atoms with Gasteiger partial charge in [-0.3, -0.25) is 4.79 Å². The normalized spacial score (nSPS) is 10.8. The Hall–Kier alpha value is -2.54. The van der Waals surface area contributed by atoms with E-state index in [1.165, 1.54) is 36.0 Å². The first kappa shape index (κ1) is 16.3. The molecule has 1 heterocycles. The van der Waals surface area contributed by atoms with E-state index in [-0.39, 0.29) is 17.4 Å². The third kappa shape index (κ3) is 3.35. The minimum Gasteiger partial charge on any atom is -0.293 e. The summed E-state index contributed by atoms with van der Waals surface area (Å²) in [6, 6.07) is 11.5. The summed E-state index contributed by atoms with van der Waals surface area (Å²) in [6.07, 6.45) is 0. The molecule has 122 valence electrons. The van der Waals surface area contributed by atoms with Crippen LogP contribution < -0.4 is 0 Å². The number of aryl methyl sites for hydroxylation is 2. The van der Waals surface area contributed by atoms with Gasteiger partial charge in [0, 0.05) is 5.56 Å². The lowest BCUT2D eigenvalue weighted by molar-refractivity contribution is 0.102. The third-order valence-corrected chi connectivity index (χ3v) is 4.51. The molecule has 1 aromatic heterocycles. The van der Waals surface area contributed by atoms with Gasteiger partial charge in [-0.15, -0.1) is 5.10 Å². The Kier molecular flexibility index (Phi) is 4.71. The number of para-hydroxylation sites is 1. The first-order valence-corrected chi connectivity index (χ1v) is 8.31. The van der Waals surface area contributed by atoms with Crippen molar-refractivity contribution < 1.29 is 9.18 Å². The summed E-state index contributed by atoms with van der Waals surface area (Å²) in [5, 5.41) is 12.3. The molecule has 0 spiro atoms. The molecule has 0 saturated heterocycles. The number of hydrogen-bond donors (Lipinski definition) is 0. The lowest BCUT2D eigenvalue weighted by Gasteiger charge is -2.10. The van der Waals surface area contributed by atoms with Crippen molar-refractivity contribution >= 4 is 17.5 Å². The van der Waals surface area contributed by atoms with E-state index in [2.05, 4.69) is 15.5 Å². The van der Waals surface area contributed by atoms with Crippen molar-refractivity contribution in [3.63, 3.8) is 0 Å². The van der Waals surface area contributed by atoms with E-state index >= 15 is 0 Å². The Balaban J connectivity index is 1.79. The summed E-state index contributed by atoms with van der Waals surface area (Å²) < 4.78 is 14.6. The highest BCUT2D eigenvalue weighted by atomic mass is 32.2. The van der Waals surface area contributed by atoms with Gasteiger partial charge in [0.1, 0.15) is 5.82 Å². The van der Waals surface area contributed by atoms with Crippen molar-refractivity contribution in [1.82, 2.24) is 20.2 Å². The molecule has 0 atom stereocenters. The molecular formula is C17H15FN4OS. The molecule has 0 saturated carbocycles. The zero-order chi connectivity index (χ0) is 17.1. The number of aromatic nitrogens is 4. The SMILES string of the molecule is Cc1cccc(C)c1-n1nnnc1SCC(=O)c1ccc(F)cc1. The second-order valence-electron chi connectivity index (χ2n) is 5.33. The zero-order valence-electron chi connectivity index (χ0n) is 13.2. The van der Waals surface area contributed by atoms with E-state index in [0.29, 0.717) is 10.7 Å². The number of halogens is 1. The maximum Gasteiger partial charge on any atom is 0.214 e. The van der Waals surface area contributed by atoms with E-state index < -0.39 is 0 Å². The lowest BCUT2D eigenvalue weighted by atomic mass is 10.1. The molecule has 0 amide bonds. The van der Waals surface area contributed by atoms with Gasteiger partial charge in [-0.05, 0) is 59.7 Å². The van der Waals surface area contributed by atoms with Crippen LogP contribution >= 0.6 is 11.8 Å². The first-order valence-electron chi connectivity index (χ1n) is 7.33. The van der Waals surface area contributed by atoms with Gasteiger partial charge in [0.05, 0.1) is 11.4 Å². The average Bonchev–Trinajstić information content (AvgIpc) is 3.01. The van der Waals surface area contributed by atoms with E-state index in [4.69, 9.17) is 0 Å². The predicted molar refractivity (Wildman–Crippen MR) is 90.1 cm³/mol. The molecule has 0 aliphatic heterocycles. The molecule has 0 unspecified atom stereocenters. The van der Waals surface area contributed by atoms with Gasteiger partial charge in [-0.25, -0.2) is 4.39 Å². The highest BCUT2D eigenvalue weighted by Gasteiger charge is 2.15. The molecule has 0 N–H and O–H groups in total. The highest BCUT2D eigenvalue weighted by Crippen LogP contribution is 2.24. The molecule has 7 heteroatoms. The standard InChI is InChI=1S/C17H15FN4OS/c1-11-4-3-5-12(2)16(11)22-17(19-20-21-22)24-10-15(23)13-6-8-14(18)9-7-13/h3-9H,10H2,1-2H3. The summed E-state index contributed by atoms with van der Waals surface area (Å²) in [6.45, 7) is 3.98. The maximum atomic E-state index is 12.9. The monoisotopic (exact) mass is 342 g/mol. The van der Waals surface area contributed by atoms with Crippen LogP contribution in [0.15, 0.2) is 47.6 Å². The van der Waals surface area contributed by atoms with Crippen molar-refractivity contribution in [1.29, 1.82) is 0 Å². The van der Waals surface area contributed by atoms with E-state index in [9.17, 15) is 9.18 Å². The van der Waals surface area contributed by atoms with Crippen LogP contribution in [-0.2, 0) is 0 Å². The largest absolute Gasteiger partial charge is 0.293 e. The molecule has 3 aromatic rings. The molecule has 0 bridgehead atoms. The Morgan fingerprint density at radius 1 is 1.12 bits per heavy atom. The zero-order valence-corrected chi connectivity index (χ0v) is 14.0. The quantitative estimate of drug-likeness (QED) is 0.525. The first-order chi connectivity index (χ1) is 11.6. The fourth-order valence-corrected chi connectivity index (χ4v) is 3.17. The van der Waals surface area contributed by atoms with Gasteiger partial charge in [0.25, 0.3) is 0 Å². The molecule has 2 aromatic carbocycles. The molecule has 0 radical (unpaired) electrons. The van der Waals surface area contributed by atoms with Crippen LogP contribution in [-0.4, -0.2) is 31.7 Å². The molecular weight excluding hydrogens is 327 g/mol. The Morgan fingerprint density at radius 2 is 1.79 bits per heavy atom. The van der Waals surface area contributed by atoms with Crippen molar-refractivity contribution in [2.45, 2.75) is 19.0 Å². The topological polar surface area (TPSA) is 60.7 Å². The molecule has 24 heavy (non-hydrogen) atoms. The Morgan fingerprint density at radius 3 is 2.46 bits per heavy atom. The number of benzene rings is 2. The molecule has 0 aliphatic rings. The molecule has 0 fully saturated rings. The van der Waals surface area contributed by atoms with Crippen LogP contribution in [0.3, 0.4) is 0 Å². The van der Waals surface area contributed by atoms with Crippen LogP contribution in [0.25, 0.3) is 5.69 Å². The van der Waals surface area contributed by atoms with Crippen molar-refractivity contribution in [3.8, 4) is 5.69 Å². The van der Waals surface area contributed by atoms with Gasteiger partial charge in [0.2, 0.25) is 5.16 Å². The molecule has 5 nitrogen and oxygen atoms in total. The molecule has 0 aliphatic carbocycles. The van der Waals surface area contributed by atoms with Crippen LogP contribution in [0.2, 0.25) is 0 Å². The predicted octanol–water partition coefficient (Wildman–Crippen LogP) is 3.39. The maximum absolute atomic E-state index is 12.9. The lowest BCUT2D eigenvalue weighted by Crippen LogP contribution is -2.07. The number of carbonyl (C=O) groups is 1. The van der Waals surface area contributed by atoms with Gasteiger partial charge in [-0.1, -0.05) is 30.0 Å². The average molecular weight is 342 g/mol. The number of rotatable bonds is 5. The van der Waals surface area contributed by atoms with E-state index in [1.807, 2.05) is 32.0 Å². The van der Waals surface area contributed by atoms with Gasteiger partial charge in [0.15, 0.2) is 5.78 Å². The van der Waals surface area contributed by atoms with Gasteiger partial charge in [-0.2, -0.15) is 4.68 Å².